The molecule has 2 N–H and O–H groups in total. The highest BCUT2D eigenvalue weighted by Gasteiger charge is 2.44. The van der Waals surface area contributed by atoms with Crippen LogP contribution in [0.25, 0.3) is 5.65 Å². The minimum absolute atomic E-state index is 0.0116. The molecule has 2 aliphatic carbocycles. The van der Waals surface area contributed by atoms with E-state index in [1.807, 2.05) is 53.2 Å². The largest absolute Gasteiger partial charge is 0.379 e. The summed E-state index contributed by atoms with van der Waals surface area (Å²) in [5.74, 6) is 1.30. The summed E-state index contributed by atoms with van der Waals surface area (Å²) in [5, 5.41) is 11.7. The molecule has 2 aliphatic rings. The van der Waals surface area contributed by atoms with Crippen LogP contribution < -0.4 is 10.6 Å². The summed E-state index contributed by atoms with van der Waals surface area (Å²) in [6.45, 7) is 0.555. The Bertz CT molecular complexity index is 1350. The molecular formula is C25H23ClN6O. The van der Waals surface area contributed by atoms with Gasteiger partial charge in [-0.3, -0.25) is 4.79 Å². The Hall–Kier alpha value is -3.45. The van der Waals surface area contributed by atoms with Gasteiger partial charge in [-0.15, -0.1) is 0 Å². The molecule has 1 aromatic carbocycles. The second-order valence-electron chi connectivity index (χ2n) is 8.84. The van der Waals surface area contributed by atoms with Crippen molar-refractivity contribution in [1.29, 1.82) is 0 Å². The van der Waals surface area contributed by atoms with Crippen molar-refractivity contribution < 1.29 is 4.79 Å². The number of benzene rings is 1. The Morgan fingerprint density at radius 2 is 2.06 bits per heavy atom. The lowest BCUT2D eigenvalue weighted by molar-refractivity contribution is -0.117. The average molecular weight is 459 g/mol. The average Bonchev–Trinajstić information content (AvgIpc) is 3.74. The molecule has 0 radical (unpaired) electrons. The molecule has 1 unspecified atom stereocenters. The first-order chi connectivity index (χ1) is 16.1. The first-order valence-electron chi connectivity index (χ1n) is 11.2. The third-order valence-corrected chi connectivity index (χ3v) is 6.51. The normalized spacial score (nSPS) is 19.4. The van der Waals surface area contributed by atoms with Gasteiger partial charge in [0.2, 0.25) is 5.91 Å². The minimum Gasteiger partial charge on any atom is -0.379 e. The van der Waals surface area contributed by atoms with Gasteiger partial charge in [0, 0.05) is 34.8 Å². The van der Waals surface area contributed by atoms with Crippen LogP contribution in [-0.2, 0) is 11.3 Å². The lowest BCUT2D eigenvalue weighted by Crippen LogP contribution is -2.15. The highest BCUT2D eigenvalue weighted by Crippen LogP contribution is 2.48. The maximum Gasteiger partial charge on any atom is 0.229 e. The number of anilines is 2. The molecule has 0 bridgehead atoms. The minimum atomic E-state index is -0.0483. The molecule has 0 spiro atoms. The maximum absolute atomic E-state index is 12.7. The van der Waals surface area contributed by atoms with E-state index in [0.717, 1.165) is 34.7 Å². The number of imidazole rings is 1. The standard InChI is InChI=1S/C25H23ClN6O/c26-17-3-1-2-16(10-17)20-12-21(20)25(33)30-23-11-18(8-9-27-23)28-13-19-14-32-24(29-19)7-6-22(31-32)15-4-5-15/h1-3,6-11,14-15,20-21H,4-5,12-13H2,(H2,27,28,30,33)/t20?,21-/m0/s1. The molecule has 166 valence electrons. The summed E-state index contributed by atoms with van der Waals surface area (Å²) >= 11 is 6.08. The third-order valence-electron chi connectivity index (χ3n) is 6.28. The van der Waals surface area contributed by atoms with Crippen LogP contribution in [0, 0.1) is 5.92 Å². The van der Waals surface area contributed by atoms with E-state index < -0.39 is 0 Å². The Labute approximate surface area is 196 Å². The van der Waals surface area contributed by atoms with Crippen LogP contribution >= 0.6 is 11.6 Å². The number of carbonyl (C=O) groups is 1. The summed E-state index contributed by atoms with van der Waals surface area (Å²) < 4.78 is 1.86. The van der Waals surface area contributed by atoms with E-state index in [4.69, 9.17) is 11.6 Å². The monoisotopic (exact) mass is 458 g/mol. The highest BCUT2D eigenvalue weighted by atomic mass is 35.5. The lowest BCUT2D eigenvalue weighted by atomic mass is 10.1. The van der Waals surface area contributed by atoms with Gasteiger partial charge in [0.05, 0.1) is 24.1 Å². The number of fused-ring (bicyclic) bond motifs is 1. The smallest absolute Gasteiger partial charge is 0.229 e. The van der Waals surface area contributed by atoms with E-state index in [-0.39, 0.29) is 17.7 Å². The molecule has 0 saturated heterocycles. The number of hydrogen-bond acceptors (Lipinski definition) is 5. The Morgan fingerprint density at radius 3 is 2.91 bits per heavy atom. The van der Waals surface area contributed by atoms with Crippen molar-refractivity contribution in [2.75, 3.05) is 10.6 Å². The summed E-state index contributed by atoms with van der Waals surface area (Å²) in [6.07, 6.45) is 6.93. The lowest BCUT2D eigenvalue weighted by Gasteiger charge is -2.08. The number of nitrogens with zero attached hydrogens (tertiary/aromatic N) is 4. The summed E-state index contributed by atoms with van der Waals surface area (Å²) in [4.78, 5) is 21.6. The van der Waals surface area contributed by atoms with Gasteiger partial charge in [0.15, 0.2) is 5.65 Å². The Morgan fingerprint density at radius 1 is 1.15 bits per heavy atom. The SMILES string of the molecule is O=C(Nc1cc(NCc2cn3nc(C4CC4)ccc3n2)ccn1)[C@H]1CC1c1cccc(Cl)c1. The fourth-order valence-electron chi connectivity index (χ4n) is 4.24. The van der Waals surface area contributed by atoms with Crippen molar-refractivity contribution >= 4 is 34.7 Å². The quantitative estimate of drug-likeness (QED) is 0.406. The van der Waals surface area contributed by atoms with Crippen LogP contribution in [0.15, 0.2) is 60.9 Å². The second-order valence-corrected chi connectivity index (χ2v) is 9.28. The van der Waals surface area contributed by atoms with Crippen LogP contribution in [-0.4, -0.2) is 25.5 Å². The molecule has 1 amide bonds. The maximum atomic E-state index is 12.7. The van der Waals surface area contributed by atoms with Gasteiger partial charge in [0.1, 0.15) is 5.82 Å². The molecule has 2 atom stereocenters. The van der Waals surface area contributed by atoms with Gasteiger partial charge in [-0.1, -0.05) is 23.7 Å². The topological polar surface area (TPSA) is 84.2 Å². The molecule has 33 heavy (non-hydrogen) atoms. The summed E-state index contributed by atoms with van der Waals surface area (Å²) in [6, 6.07) is 15.5. The van der Waals surface area contributed by atoms with E-state index in [1.54, 1.807) is 6.20 Å². The van der Waals surface area contributed by atoms with Crippen LogP contribution in [0.4, 0.5) is 11.5 Å². The molecule has 6 rings (SSSR count). The van der Waals surface area contributed by atoms with Gasteiger partial charge in [-0.2, -0.15) is 5.10 Å². The Balaban J connectivity index is 1.08. The molecule has 3 aromatic heterocycles. The zero-order valence-electron chi connectivity index (χ0n) is 17.9. The molecule has 4 aromatic rings. The summed E-state index contributed by atoms with van der Waals surface area (Å²) in [5.41, 5.74) is 4.86. The van der Waals surface area contributed by atoms with Gasteiger partial charge < -0.3 is 10.6 Å². The highest BCUT2D eigenvalue weighted by molar-refractivity contribution is 6.30. The van der Waals surface area contributed by atoms with Gasteiger partial charge in [-0.05, 0) is 61.1 Å². The number of pyridine rings is 1. The molecule has 2 saturated carbocycles. The van der Waals surface area contributed by atoms with E-state index >= 15 is 0 Å². The van der Waals surface area contributed by atoms with Gasteiger partial charge in [0.25, 0.3) is 0 Å². The van der Waals surface area contributed by atoms with E-state index in [0.29, 0.717) is 23.3 Å². The predicted octanol–water partition coefficient (Wildman–Crippen LogP) is 5.01. The number of carbonyl (C=O) groups excluding carboxylic acids is 1. The molecule has 0 aliphatic heterocycles. The zero-order valence-corrected chi connectivity index (χ0v) is 18.7. The van der Waals surface area contributed by atoms with E-state index in [2.05, 4.69) is 31.8 Å². The van der Waals surface area contributed by atoms with Gasteiger partial charge in [-0.25, -0.2) is 14.5 Å². The van der Waals surface area contributed by atoms with Crippen molar-refractivity contribution in [1.82, 2.24) is 19.6 Å². The third kappa shape index (κ3) is 4.41. The zero-order chi connectivity index (χ0) is 22.4. The van der Waals surface area contributed by atoms with Crippen molar-refractivity contribution in [3.63, 3.8) is 0 Å². The fraction of sp³-hybridized carbons (Fsp3) is 0.280. The van der Waals surface area contributed by atoms with Crippen molar-refractivity contribution in [3.05, 3.63) is 82.9 Å². The number of amides is 1. The fourth-order valence-corrected chi connectivity index (χ4v) is 4.44. The predicted molar refractivity (Wildman–Crippen MR) is 127 cm³/mol. The van der Waals surface area contributed by atoms with Crippen molar-refractivity contribution in [2.45, 2.75) is 37.6 Å². The van der Waals surface area contributed by atoms with Crippen molar-refractivity contribution in [3.8, 4) is 0 Å². The first kappa shape index (κ1) is 20.2. The van der Waals surface area contributed by atoms with Crippen LogP contribution in [0.5, 0.6) is 0 Å². The van der Waals surface area contributed by atoms with E-state index in [9.17, 15) is 4.79 Å². The van der Waals surface area contributed by atoms with Crippen LogP contribution in [0.1, 0.15) is 48.0 Å². The number of hydrogen-bond donors (Lipinski definition) is 2. The van der Waals surface area contributed by atoms with Crippen LogP contribution in [0.3, 0.4) is 0 Å². The van der Waals surface area contributed by atoms with E-state index in [1.165, 1.54) is 12.8 Å². The van der Waals surface area contributed by atoms with Crippen LogP contribution in [0.2, 0.25) is 5.02 Å². The molecule has 8 heteroatoms. The number of rotatable bonds is 7. The number of aromatic nitrogens is 4. The summed E-state index contributed by atoms with van der Waals surface area (Å²) in [7, 11) is 0. The Kier molecular flexibility index (Phi) is 4.99. The molecular weight excluding hydrogens is 436 g/mol. The second kappa shape index (κ2) is 8.15. The van der Waals surface area contributed by atoms with Gasteiger partial charge >= 0.3 is 0 Å². The molecule has 7 nitrogen and oxygen atoms in total. The number of nitrogens with one attached hydrogen (secondary N) is 2. The molecule has 2 fully saturated rings. The number of halogens is 1. The molecule has 3 heterocycles. The van der Waals surface area contributed by atoms with Crippen molar-refractivity contribution in [2.24, 2.45) is 5.92 Å². The first-order valence-corrected chi connectivity index (χ1v) is 11.6.